The molecule has 3 aromatic rings. The van der Waals surface area contributed by atoms with E-state index in [1.54, 1.807) is 16.2 Å². The fourth-order valence-electron chi connectivity index (χ4n) is 3.05. The van der Waals surface area contributed by atoms with Gasteiger partial charge in [-0.1, -0.05) is 23.7 Å². The molecule has 0 atom stereocenters. The minimum absolute atomic E-state index is 0.0623. The van der Waals surface area contributed by atoms with Gasteiger partial charge in [-0.15, -0.1) is 21.5 Å². The van der Waals surface area contributed by atoms with Crippen LogP contribution in [-0.4, -0.2) is 47.2 Å². The maximum atomic E-state index is 14.0. The van der Waals surface area contributed by atoms with E-state index in [-0.39, 0.29) is 16.5 Å². The topological polar surface area (TPSA) is 49.3 Å². The summed E-state index contributed by atoms with van der Waals surface area (Å²) in [6.07, 6.45) is 0. The third-order valence-corrected chi connectivity index (χ3v) is 5.70. The second-order valence-electron chi connectivity index (χ2n) is 6.13. The van der Waals surface area contributed by atoms with Gasteiger partial charge in [-0.3, -0.25) is 4.79 Å². The lowest BCUT2D eigenvalue weighted by Gasteiger charge is -2.35. The summed E-state index contributed by atoms with van der Waals surface area (Å²) in [6, 6.07) is 12.1. The average molecular weight is 403 g/mol. The van der Waals surface area contributed by atoms with E-state index in [9.17, 15) is 9.18 Å². The Morgan fingerprint density at radius 2 is 1.85 bits per heavy atom. The lowest BCUT2D eigenvalue weighted by atomic mass is 10.1. The van der Waals surface area contributed by atoms with E-state index in [0.717, 1.165) is 16.4 Å². The van der Waals surface area contributed by atoms with E-state index in [0.29, 0.717) is 26.2 Å². The van der Waals surface area contributed by atoms with Gasteiger partial charge in [-0.2, -0.15) is 0 Å². The first-order chi connectivity index (χ1) is 13.1. The first-order valence-electron chi connectivity index (χ1n) is 8.49. The number of anilines is 1. The minimum atomic E-state index is -0.593. The van der Waals surface area contributed by atoms with Gasteiger partial charge >= 0.3 is 0 Å². The number of hydrogen-bond donors (Lipinski definition) is 0. The third kappa shape index (κ3) is 3.65. The van der Waals surface area contributed by atoms with Gasteiger partial charge < -0.3 is 9.80 Å². The largest absolute Gasteiger partial charge is 0.352 e. The maximum Gasteiger partial charge on any atom is 0.258 e. The van der Waals surface area contributed by atoms with Crippen LogP contribution in [0.2, 0.25) is 5.02 Å². The number of carbonyl (C=O) groups excluding carboxylic acids is 1. The Bertz CT molecular complexity index is 921. The summed E-state index contributed by atoms with van der Waals surface area (Å²) in [6.45, 7) is 2.14. The molecule has 4 rings (SSSR count). The highest BCUT2D eigenvalue weighted by Crippen LogP contribution is 2.24. The van der Waals surface area contributed by atoms with Crippen LogP contribution in [0, 0.1) is 5.82 Å². The van der Waals surface area contributed by atoms with Crippen LogP contribution in [0.3, 0.4) is 0 Å². The van der Waals surface area contributed by atoms with E-state index in [4.69, 9.17) is 11.6 Å². The molecule has 1 amide bonds. The van der Waals surface area contributed by atoms with Gasteiger partial charge in [0.05, 0.1) is 15.5 Å². The first-order valence-corrected chi connectivity index (χ1v) is 9.75. The van der Waals surface area contributed by atoms with E-state index in [2.05, 4.69) is 15.1 Å². The van der Waals surface area contributed by atoms with E-state index < -0.39 is 5.82 Å². The van der Waals surface area contributed by atoms with Gasteiger partial charge in [0.1, 0.15) is 11.5 Å². The van der Waals surface area contributed by atoms with Crippen LogP contribution in [0.15, 0.2) is 47.8 Å². The van der Waals surface area contributed by atoms with Crippen molar-refractivity contribution in [2.75, 3.05) is 31.1 Å². The first kappa shape index (κ1) is 17.9. The van der Waals surface area contributed by atoms with Gasteiger partial charge in [0.15, 0.2) is 5.82 Å². The van der Waals surface area contributed by atoms with Crippen LogP contribution in [-0.2, 0) is 0 Å². The molecule has 1 aromatic carbocycles. The fraction of sp³-hybridized carbons (Fsp3) is 0.211. The highest BCUT2D eigenvalue weighted by atomic mass is 35.5. The second kappa shape index (κ2) is 7.62. The molecule has 0 spiro atoms. The van der Waals surface area contributed by atoms with Gasteiger partial charge in [0, 0.05) is 26.2 Å². The Morgan fingerprint density at radius 3 is 2.48 bits per heavy atom. The number of benzene rings is 1. The predicted molar refractivity (Wildman–Crippen MR) is 105 cm³/mol. The number of rotatable bonds is 3. The number of aromatic nitrogens is 2. The SMILES string of the molecule is O=C(c1c(F)cccc1Cl)N1CCN(c2ccc(-c3cccs3)nn2)CC1. The number of amides is 1. The fourth-order valence-corrected chi connectivity index (χ4v) is 3.98. The molecule has 0 bridgehead atoms. The summed E-state index contributed by atoms with van der Waals surface area (Å²) in [5.41, 5.74) is 0.782. The third-order valence-electron chi connectivity index (χ3n) is 4.49. The average Bonchev–Trinajstić information content (AvgIpc) is 3.23. The summed E-state index contributed by atoms with van der Waals surface area (Å²) < 4.78 is 14.0. The second-order valence-corrected chi connectivity index (χ2v) is 7.48. The van der Waals surface area contributed by atoms with Crippen molar-refractivity contribution in [2.24, 2.45) is 0 Å². The van der Waals surface area contributed by atoms with Crippen molar-refractivity contribution >= 4 is 34.7 Å². The molecule has 3 heterocycles. The zero-order chi connectivity index (χ0) is 18.8. The van der Waals surface area contributed by atoms with Crippen molar-refractivity contribution in [3.8, 4) is 10.6 Å². The molecule has 138 valence electrons. The molecule has 0 unspecified atom stereocenters. The Hall–Kier alpha value is -2.51. The van der Waals surface area contributed by atoms with Gasteiger partial charge in [0.25, 0.3) is 5.91 Å². The smallest absolute Gasteiger partial charge is 0.258 e. The van der Waals surface area contributed by atoms with Crippen molar-refractivity contribution in [2.45, 2.75) is 0 Å². The number of nitrogens with zero attached hydrogens (tertiary/aromatic N) is 4. The van der Waals surface area contributed by atoms with Crippen LogP contribution in [0.5, 0.6) is 0 Å². The van der Waals surface area contributed by atoms with Crippen molar-refractivity contribution in [1.29, 1.82) is 0 Å². The summed E-state index contributed by atoms with van der Waals surface area (Å²) in [5.74, 6) is -0.201. The van der Waals surface area contributed by atoms with Gasteiger partial charge in [0.2, 0.25) is 0 Å². The molecule has 0 radical (unpaired) electrons. The van der Waals surface area contributed by atoms with Gasteiger partial charge in [-0.05, 0) is 35.7 Å². The molecule has 5 nitrogen and oxygen atoms in total. The number of hydrogen-bond acceptors (Lipinski definition) is 5. The molecule has 1 fully saturated rings. The number of piperazine rings is 1. The Balaban J connectivity index is 1.42. The predicted octanol–water partition coefficient (Wildman–Crippen LogP) is 3.96. The molecule has 0 N–H and O–H groups in total. The Kier molecular flexibility index (Phi) is 5.05. The molecule has 1 aliphatic heterocycles. The summed E-state index contributed by atoms with van der Waals surface area (Å²) in [4.78, 5) is 17.4. The number of thiophene rings is 1. The summed E-state index contributed by atoms with van der Waals surface area (Å²) in [7, 11) is 0. The van der Waals surface area contributed by atoms with E-state index in [1.165, 1.54) is 18.2 Å². The van der Waals surface area contributed by atoms with Crippen LogP contribution in [0.1, 0.15) is 10.4 Å². The molecular formula is C19H16ClFN4OS. The highest BCUT2D eigenvalue weighted by Gasteiger charge is 2.26. The van der Waals surface area contributed by atoms with E-state index in [1.807, 2.05) is 29.6 Å². The van der Waals surface area contributed by atoms with Crippen LogP contribution in [0.4, 0.5) is 10.2 Å². The zero-order valence-electron chi connectivity index (χ0n) is 14.3. The van der Waals surface area contributed by atoms with E-state index >= 15 is 0 Å². The summed E-state index contributed by atoms with van der Waals surface area (Å²) >= 11 is 7.63. The van der Waals surface area contributed by atoms with Crippen molar-refractivity contribution in [3.05, 3.63) is 64.2 Å². The van der Waals surface area contributed by atoms with Crippen LogP contribution in [0.25, 0.3) is 10.6 Å². The highest BCUT2D eigenvalue weighted by molar-refractivity contribution is 7.13. The molecule has 27 heavy (non-hydrogen) atoms. The molecule has 2 aromatic heterocycles. The Morgan fingerprint density at radius 1 is 1.04 bits per heavy atom. The van der Waals surface area contributed by atoms with Gasteiger partial charge in [-0.25, -0.2) is 4.39 Å². The lowest BCUT2D eigenvalue weighted by Crippen LogP contribution is -2.49. The van der Waals surface area contributed by atoms with Crippen LogP contribution < -0.4 is 4.90 Å². The molecule has 0 aliphatic carbocycles. The normalized spacial score (nSPS) is 14.4. The minimum Gasteiger partial charge on any atom is -0.352 e. The van der Waals surface area contributed by atoms with Crippen molar-refractivity contribution < 1.29 is 9.18 Å². The molecule has 1 saturated heterocycles. The number of halogens is 2. The molecule has 8 heteroatoms. The maximum absolute atomic E-state index is 14.0. The van der Waals surface area contributed by atoms with Crippen molar-refractivity contribution in [3.63, 3.8) is 0 Å². The molecule has 0 saturated carbocycles. The quantitative estimate of drug-likeness (QED) is 0.665. The lowest BCUT2D eigenvalue weighted by molar-refractivity contribution is 0.0742. The number of carbonyl (C=O) groups is 1. The monoisotopic (exact) mass is 402 g/mol. The summed E-state index contributed by atoms with van der Waals surface area (Å²) in [5, 5.41) is 10.7. The molecule has 1 aliphatic rings. The van der Waals surface area contributed by atoms with Crippen molar-refractivity contribution in [1.82, 2.24) is 15.1 Å². The standard InChI is InChI=1S/C19H16ClFN4OS/c20-13-3-1-4-14(21)18(13)19(26)25-10-8-24(9-11-25)17-7-6-15(22-23-17)16-5-2-12-27-16/h1-7,12H,8-11H2. The zero-order valence-corrected chi connectivity index (χ0v) is 15.9. The van der Waals surface area contributed by atoms with Crippen LogP contribution >= 0.6 is 22.9 Å². The Labute approximate surface area is 165 Å². The molecular weight excluding hydrogens is 387 g/mol.